The molecule has 1 aromatic heterocycles. The van der Waals surface area contributed by atoms with Crippen molar-refractivity contribution in [1.29, 1.82) is 0 Å². The number of anilines is 1. The van der Waals surface area contributed by atoms with Crippen LogP contribution in [0, 0.1) is 0 Å². The second kappa shape index (κ2) is 7.73. The molecule has 0 saturated carbocycles. The Morgan fingerprint density at radius 3 is 2.54 bits per heavy atom. The Bertz CT molecular complexity index is 1030. The fourth-order valence-electron chi connectivity index (χ4n) is 3.38. The monoisotopic (exact) mass is 396 g/mol. The summed E-state index contributed by atoms with van der Waals surface area (Å²) >= 11 is 6.39. The SMILES string of the molecule is COC(=O)c1ccc2nc(-c3ccccc3Cl)nc(N3CCN(C)CC3)c2c1. The quantitative estimate of drug-likeness (QED) is 0.632. The number of ether oxygens (including phenoxy) is 1. The van der Waals surface area contributed by atoms with Gasteiger partial charge in [0.05, 0.1) is 23.2 Å². The van der Waals surface area contributed by atoms with Crippen molar-refractivity contribution in [1.82, 2.24) is 14.9 Å². The number of fused-ring (bicyclic) bond motifs is 1. The number of methoxy groups -OCH3 is 1. The Balaban J connectivity index is 1.90. The van der Waals surface area contributed by atoms with Crippen LogP contribution in [0.5, 0.6) is 0 Å². The lowest BCUT2D eigenvalue weighted by Gasteiger charge is -2.34. The van der Waals surface area contributed by atoms with Crippen LogP contribution in [0.4, 0.5) is 5.82 Å². The molecule has 0 spiro atoms. The van der Waals surface area contributed by atoms with E-state index in [1.165, 1.54) is 7.11 Å². The Labute approximate surface area is 168 Å². The number of halogens is 1. The van der Waals surface area contributed by atoms with E-state index in [0.29, 0.717) is 16.4 Å². The molecule has 1 aliphatic heterocycles. The van der Waals surface area contributed by atoms with Crippen molar-refractivity contribution in [3.63, 3.8) is 0 Å². The number of carbonyl (C=O) groups is 1. The zero-order chi connectivity index (χ0) is 19.7. The molecule has 0 bridgehead atoms. The summed E-state index contributed by atoms with van der Waals surface area (Å²) in [6.07, 6.45) is 0. The van der Waals surface area contributed by atoms with Gasteiger partial charge in [-0.3, -0.25) is 0 Å². The van der Waals surface area contributed by atoms with E-state index in [1.54, 1.807) is 6.07 Å². The van der Waals surface area contributed by atoms with Crippen LogP contribution in [0.2, 0.25) is 5.02 Å². The summed E-state index contributed by atoms with van der Waals surface area (Å²) in [7, 11) is 3.49. The molecule has 7 heteroatoms. The minimum atomic E-state index is -0.374. The number of piperazine rings is 1. The maximum Gasteiger partial charge on any atom is 0.337 e. The Morgan fingerprint density at radius 2 is 1.82 bits per heavy atom. The van der Waals surface area contributed by atoms with E-state index in [9.17, 15) is 4.79 Å². The average Bonchev–Trinajstić information content (AvgIpc) is 2.73. The lowest BCUT2D eigenvalue weighted by Crippen LogP contribution is -2.45. The van der Waals surface area contributed by atoms with Crippen LogP contribution < -0.4 is 4.90 Å². The molecule has 1 fully saturated rings. The van der Waals surface area contributed by atoms with E-state index in [4.69, 9.17) is 26.3 Å². The first-order valence-corrected chi connectivity index (χ1v) is 9.53. The predicted molar refractivity (Wildman–Crippen MR) is 111 cm³/mol. The highest BCUT2D eigenvalue weighted by Crippen LogP contribution is 2.32. The highest BCUT2D eigenvalue weighted by molar-refractivity contribution is 6.33. The van der Waals surface area contributed by atoms with Crippen LogP contribution in [0.1, 0.15) is 10.4 Å². The fraction of sp³-hybridized carbons (Fsp3) is 0.286. The molecule has 0 aliphatic carbocycles. The second-order valence-electron chi connectivity index (χ2n) is 6.86. The number of hydrogen-bond acceptors (Lipinski definition) is 6. The van der Waals surface area contributed by atoms with Gasteiger partial charge in [0.25, 0.3) is 0 Å². The van der Waals surface area contributed by atoms with Gasteiger partial charge >= 0.3 is 5.97 Å². The molecule has 0 atom stereocenters. The zero-order valence-corrected chi connectivity index (χ0v) is 16.6. The maximum atomic E-state index is 12.0. The van der Waals surface area contributed by atoms with Crippen molar-refractivity contribution in [3.05, 3.63) is 53.1 Å². The van der Waals surface area contributed by atoms with Crippen molar-refractivity contribution in [2.75, 3.05) is 45.2 Å². The first-order chi connectivity index (χ1) is 13.6. The summed E-state index contributed by atoms with van der Waals surface area (Å²) in [5.41, 5.74) is 2.05. The van der Waals surface area contributed by atoms with Gasteiger partial charge in [0.15, 0.2) is 5.82 Å². The zero-order valence-electron chi connectivity index (χ0n) is 15.9. The van der Waals surface area contributed by atoms with Crippen LogP contribution in [-0.2, 0) is 4.74 Å². The first kappa shape index (κ1) is 18.7. The molecule has 28 heavy (non-hydrogen) atoms. The molecule has 144 valence electrons. The normalized spacial score (nSPS) is 15.0. The third kappa shape index (κ3) is 3.53. The predicted octanol–water partition coefficient (Wildman–Crippen LogP) is 3.49. The smallest absolute Gasteiger partial charge is 0.337 e. The second-order valence-corrected chi connectivity index (χ2v) is 7.27. The number of aromatic nitrogens is 2. The van der Waals surface area contributed by atoms with Crippen molar-refractivity contribution < 1.29 is 9.53 Å². The van der Waals surface area contributed by atoms with Crippen molar-refractivity contribution in [3.8, 4) is 11.4 Å². The van der Waals surface area contributed by atoms with Crippen LogP contribution in [0.3, 0.4) is 0 Å². The molecule has 0 unspecified atom stereocenters. The molecule has 0 radical (unpaired) electrons. The Kier molecular flexibility index (Phi) is 5.15. The molecule has 0 N–H and O–H groups in total. The molecule has 2 aromatic carbocycles. The number of rotatable bonds is 3. The third-order valence-corrected chi connectivity index (χ3v) is 5.34. The van der Waals surface area contributed by atoms with Crippen LogP contribution in [-0.4, -0.2) is 61.2 Å². The van der Waals surface area contributed by atoms with Crippen LogP contribution in [0.25, 0.3) is 22.3 Å². The number of likely N-dealkylation sites (N-methyl/N-ethyl adjacent to an activating group) is 1. The standard InChI is InChI=1S/C21H21ClN4O2/c1-25-9-11-26(12-10-25)20-16-13-14(21(27)28-2)7-8-18(16)23-19(24-20)15-5-3-4-6-17(15)22/h3-8,13H,9-12H2,1-2H3. The highest BCUT2D eigenvalue weighted by atomic mass is 35.5. The van der Waals surface area contributed by atoms with Crippen molar-refractivity contribution >= 4 is 34.3 Å². The van der Waals surface area contributed by atoms with E-state index in [-0.39, 0.29) is 5.97 Å². The van der Waals surface area contributed by atoms with Crippen LogP contribution >= 0.6 is 11.6 Å². The topological polar surface area (TPSA) is 58.6 Å². The summed E-state index contributed by atoms with van der Waals surface area (Å²) in [6.45, 7) is 3.60. The molecule has 4 rings (SSSR count). The van der Waals surface area contributed by atoms with E-state index in [0.717, 1.165) is 48.5 Å². The third-order valence-electron chi connectivity index (χ3n) is 5.01. The number of nitrogens with zero attached hydrogens (tertiary/aromatic N) is 4. The van der Waals surface area contributed by atoms with Gasteiger partial charge in [-0.25, -0.2) is 14.8 Å². The van der Waals surface area contributed by atoms with Gasteiger partial charge in [-0.05, 0) is 37.4 Å². The summed E-state index contributed by atoms with van der Waals surface area (Å²) in [4.78, 5) is 26.1. The summed E-state index contributed by atoms with van der Waals surface area (Å²) in [5, 5.41) is 1.45. The molecule has 1 aliphatic rings. The fourth-order valence-corrected chi connectivity index (χ4v) is 3.60. The van der Waals surface area contributed by atoms with Gasteiger partial charge in [-0.1, -0.05) is 23.7 Å². The molecule has 1 saturated heterocycles. The Hall–Kier alpha value is -2.70. The molecule has 6 nitrogen and oxygen atoms in total. The number of carbonyl (C=O) groups excluding carboxylic acids is 1. The van der Waals surface area contributed by atoms with Gasteiger partial charge in [0.1, 0.15) is 5.82 Å². The van der Waals surface area contributed by atoms with E-state index in [1.807, 2.05) is 36.4 Å². The van der Waals surface area contributed by atoms with Crippen LogP contribution in [0.15, 0.2) is 42.5 Å². The van der Waals surface area contributed by atoms with Gasteiger partial charge in [-0.2, -0.15) is 0 Å². The van der Waals surface area contributed by atoms with E-state index >= 15 is 0 Å². The van der Waals surface area contributed by atoms with Crippen molar-refractivity contribution in [2.24, 2.45) is 0 Å². The summed E-state index contributed by atoms with van der Waals surface area (Å²) < 4.78 is 4.88. The van der Waals surface area contributed by atoms with E-state index < -0.39 is 0 Å². The van der Waals surface area contributed by atoms with E-state index in [2.05, 4.69) is 16.8 Å². The molecular formula is C21H21ClN4O2. The first-order valence-electron chi connectivity index (χ1n) is 9.15. The summed E-state index contributed by atoms with van der Waals surface area (Å²) in [6, 6.07) is 12.9. The van der Waals surface area contributed by atoms with Gasteiger partial charge in [-0.15, -0.1) is 0 Å². The van der Waals surface area contributed by atoms with Gasteiger partial charge < -0.3 is 14.5 Å². The molecule has 2 heterocycles. The largest absolute Gasteiger partial charge is 0.465 e. The average molecular weight is 397 g/mol. The lowest BCUT2D eigenvalue weighted by molar-refractivity contribution is 0.0601. The Morgan fingerprint density at radius 1 is 1.07 bits per heavy atom. The number of hydrogen-bond donors (Lipinski definition) is 0. The minimum absolute atomic E-state index is 0.374. The molecular weight excluding hydrogens is 376 g/mol. The highest BCUT2D eigenvalue weighted by Gasteiger charge is 2.21. The minimum Gasteiger partial charge on any atom is -0.465 e. The van der Waals surface area contributed by atoms with Gasteiger partial charge in [0.2, 0.25) is 0 Å². The lowest BCUT2D eigenvalue weighted by atomic mass is 10.1. The molecule has 3 aromatic rings. The van der Waals surface area contributed by atoms with Gasteiger partial charge in [0, 0.05) is 37.1 Å². The maximum absolute atomic E-state index is 12.0. The molecule has 0 amide bonds. The summed E-state index contributed by atoms with van der Waals surface area (Å²) in [5.74, 6) is 1.03. The number of benzene rings is 2. The van der Waals surface area contributed by atoms with Crippen molar-refractivity contribution in [2.45, 2.75) is 0 Å². The number of esters is 1.